The number of ether oxygens (including phenoxy) is 1. The molecule has 0 unspecified atom stereocenters. The van der Waals surface area contributed by atoms with Crippen LogP contribution in [0.4, 0.5) is 0 Å². The number of thiazole rings is 1. The minimum Gasteiger partial charge on any atom is -0.497 e. The molecule has 0 atom stereocenters. The number of ketones is 1. The zero-order valence-corrected chi connectivity index (χ0v) is 12.9. The number of nitrogens with zero attached hydrogens (tertiary/aromatic N) is 1. The molecule has 0 radical (unpaired) electrons. The normalized spacial score (nSPS) is 10.3. The SMILES string of the molecule is COc1ccc(C(=O)CSc2nc(CC(=O)O)cs2)cc1. The zero-order chi connectivity index (χ0) is 15.2. The van der Waals surface area contributed by atoms with Crippen LogP contribution in [0.1, 0.15) is 16.1 Å². The van der Waals surface area contributed by atoms with E-state index in [1.54, 1.807) is 36.8 Å². The number of aliphatic carboxylic acids is 1. The molecule has 0 fully saturated rings. The maximum Gasteiger partial charge on any atom is 0.309 e. The van der Waals surface area contributed by atoms with E-state index in [9.17, 15) is 9.59 Å². The predicted molar refractivity (Wildman–Crippen MR) is 81.5 cm³/mol. The van der Waals surface area contributed by atoms with E-state index in [-0.39, 0.29) is 18.0 Å². The van der Waals surface area contributed by atoms with Gasteiger partial charge in [-0.15, -0.1) is 11.3 Å². The van der Waals surface area contributed by atoms with E-state index in [2.05, 4.69) is 4.98 Å². The Labute approximate surface area is 130 Å². The second-order valence-corrected chi connectivity index (χ2v) is 6.20. The molecule has 0 bridgehead atoms. The molecule has 2 rings (SSSR count). The van der Waals surface area contributed by atoms with Crippen molar-refractivity contribution in [3.05, 3.63) is 40.9 Å². The third-order valence-corrected chi connectivity index (χ3v) is 4.67. The summed E-state index contributed by atoms with van der Waals surface area (Å²) in [4.78, 5) is 26.8. The Bertz CT molecular complexity index is 637. The quantitative estimate of drug-likeness (QED) is 0.624. The molecule has 1 aromatic heterocycles. The molecular weight excluding hydrogens is 310 g/mol. The molecule has 2 aromatic rings. The van der Waals surface area contributed by atoms with Crippen molar-refractivity contribution < 1.29 is 19.4 Å². The van der Waals surface area contributed by atoms with E-state index in [1.807, 2.05) is 0 Å². The summed E-state index contributed by atoms with van der Waals surface area (Å²) in [5.41, 5.74) is 1.14. The summed E-state index contributed by atoms with van der Waals surface area (Å²) in [6, 6.07) is 6.93. The smallest absolute Gasteiger partial charge is 0.309 e. The van der Waals surface area contributed by atoms with Crippen molar-refractivity contribution in [1.29, 1.82) is 0 Å². The number of rotatable bonds is 7. The minimum atomic E-state index is -0.911. The van der Waals surface area contributed by atoms with Crippen LogP contribution in [-0.2, 0) is 11.2 Å². The lowest BCUT2D eigenvalue weighted by Crippen LogP contribution is -2.02. The van der Waals surface area contributed by atoms with Crippen molar-refractivity contribution in [1.82, 2.24) is 4.98 Å². The molecule has 0 aliphatic rings. The molecule has 0 aliphatic carbocycles. The van der Waals surface area contributed by atoms with Crippen LogP contribution < -0.4 is 4.74 Å². The monoisotopic (exact) mass is 323 g/mol. The Morgan fingerprint density at radius 2 is 2.05 bits per heavy atom. The molecule has 0 amide bonds. The first-order chi connectivity index (χ1) is 10.1. The van der Waals surface area contributed by atoms with E-state index < -0.39 is 5.97 Å². The Morgan fingerprint density at radius 1 is 1.33 bits per heavy atom. The van der Waals surface area contributed by atoms with Crippen molar-refractivity contribution in [2.45, 2.75) is 10.8 Å². The Hall–Kier alpha value is -1.86. The number of benzene rings is 1. The van der Waals surface area contributed by atoms with Gasteiger partial charge in [-0.2, -0.15) is 0 Å². The number of methoxy groups -OCH3 is 1. The van der Waals surface area contributed by atoms with Gasteiger partial charge in [-0.05, 0) is 24.3 Å². The molecule has 0 aliphatic heterocycles. The van der Waals surface area contributed by atoms with Gasteiger partial charge in [-0.1, -0.05) is 11.8 Å². The van der Waals surface area contributed by atoms with Gasteiger partial charge in [0, 0.05) is 10.9 Å². The number of carbonyl (C=O) groups excluding carboxylic acids is 1. The minimum absolute atomic E-state index is 0.00219. The van der Waals surface area contributed by atoms with Gasteiger partial charge in [0.1, 0.15) is 5.75 Å². The molecule has 1 N–H and O–H groups in total. The molecule has 1 heterocycles. The summed E-state index contributed by atoms with van der Waals surface area (Å²) in [6.45, 7) is 0. The number of thioether (sulfide) groups is 1. The largest absolute Gasteiger partial charge is 0.497 e. The van der Waals surface area contributed by atoms with Crippen LogP contribution in [0.25, 0.3) is 0 Å². The fourth-order valence-corrected chi connectivity index (χ4v) is 3.32. The van der Waals surface area contributed by atoms with Gasteiger partial charge in [0.05, 0.1) is 25.0 Å². The number of carbonyl (C=O) groups is 2. The number of hydrogen-bond acceptors (Lipinski definition) is 6. The summed E-state index contributed by atoms with van der Waals surface area (Å²) in [5.74, 6) is 0.0630. The van der Waals surface area contributed by atoms with Gasteiger partial charge in [0.15, 0.2) is 10.1 Å². The van der Waals surface area contributed by atoms with Crippen molar-refractivity contribution in [3.63, 3.8) is 0 Å². The second-order valence-electron chi connectivity index (χ2n) is 4.12. The first-order valence-corrected chi connectivity index (χ1v) is 7.91. The average molecular weight is 323 g/mol. The van der Waals surface area contributed by atoms with E-state index in [4.69, 9.17) is 9.84 Å². The van der Waals surface area contributed by atoms with E-state index in [1.165, 1.54) is 23.1 Å². The van der Waals surface area contributed by atoms with Gasteiger partial charge in [-0.25, -0.2) is 4.98 Å². The van der Waals surface area contributed by atoms with Crippen molar-refractivity contribution >= 4 is 34.9 Å². The van der Waals surface area contributed by atoms with Gasteiger partial charge in [-0.3, -0.25) is 9.59 Å². The standard InChI is InChI=1S/C14H13NO4S2/c1-19-11-4-2-9(3-5-11)12(16)8-21-14-15-10(7-20-14)6-13(17)18/h2-5,7H,6,8H2,1H3,(H,17,18). The van der Waals surface area contributed by atoms with Crippen LogP contribution in [0.15, 0.2) is 34.0 Å². The van der Waals surface area contributed by atoms with Crippen LogP contribution in [0.3, 0.4) is 0 Å². The van der Waals surface area contributed by atoms with Gasteiger partial charge in [0.2, 0.25) is 0 Å². The third-order valence-electron chi connectivity index (χ3n) is 2.60. The summed E-state index contributed by atoms with van der Waals surface area (Å²) in [6.07, 6.45) is -0.0938. The molecule has 0 saturated carbocycles. The molecule has 0 saturated heterocycles. The Balaban J connectivity index is 1.91. The first-order valence-electron chi connectivity index (χ1n) is 6.04. The summed E-state index contributed by atoms with van der Waals surface area (Å²) in [5, 5.41) is 10.4. The molecule has 21 heavy (non-hydrogen) atoms. The van der Waals surface area contributed by atoms with E-state index in [0.29, 0.717) is 21.3 Å². The summed E-state index contributed by atoms with van der Waals surface area (Å²) >= 11 is 2.67. The number of aromatic nitrogens is 1. The highest BCUT2D eigenvalue weighted by atomic mass is 32.2. The topological polar surface area (TPSA) is 76.5 Å². The fraction of sp³-hybridized carbons (Fsp3) is 0.214. The van der Waals surface area contributed by atoms with Crippen LogP contribution in [0, 0.1) is 0 Å². The van der Waals surface area contributed by atoms with Crippen LogP contribution in [0.5, 0.6) is 5.75 Å². The zero-order valence-electron chi connectivity index (χ0n) is 11.2. The molecule has 1 aromatic carbocycles. The average Bonchev–Trinajstić information content (AvgIpc) is 2.91. The predicted octanol–water partition coefficient (Wildman–Crippen LogP) is 2.75. The Morgan fingerprint density at radius 3 is 2.67 bits per heavy atom. The van der Waals surface area contributed by atoms with Crippen molar-refractivity contribution in [2.75, 3.05) is 12.9 Å². The van der Waals surface area contributed by atoms with Crippen LogP contribution in [-0.4, -0.2) is 34.7 Å². The highest BCUT2D eigenvalue weighted by molar-refractivity contribution is 8.01. The fourth-order valence-electron chi connectivity index (χ4n) is 1.58. The molecular formula is C14H13NO4S2. The lowest BCUT2D eigenvalue weighted by molar-refractivity contribution is -0.136. The summed E-state index contributed by atoms with van der Waals surface area (Å²) < 4.78 is 5.74. The number of carboxylic acids is 1. The third kappa shape index (κ3) is 4.57. The van der Waals surface area contributed by atoms with Gasteiger partial charge >= 0.3 is 5.97 Å². The molecule has 110 valence electrons. The maximum absolute atomic E-state index is 12.0. The number of carboxylic acid groups (broad SMARTS) is 1. The molecule has 0 spiro atoms. The van der Waals surface area contributed by atoms with Crippen molar-refractivity contribution in [2.24, 2.45) is 0 Å². The van der Waals surface area contributed by atoms with Crippen molar-refractivity contribution in [3.8, 4) is 5.75 Å². The highest BCUT2D eigenvalue weighted by Gasteiger charge is 2.10. The van der Waals surface area contributed by atoms with E-state index >= 15 is 0 Å². The molecule has 7 heteroatoms. The maximum atomic E-state index is 12.0. The summed E-state index contributed by atoms with van der Waals surface area (Å²) in [7, 11) is 1.57. The Kier molecular flexibility index (Phi) is 5.35. The van der Waals surface area contributed by atoms with Gasteiger partial charge < -0.3 is 9.84 Å². The lowest BCUT2D eigenvalue weighted by Gasteiger charge is -2.02. The number of Topliss-reactive ketones (excluding diaryl/α,β-unsaturated/α-hetero) is 1. The molecule has 5 nitrogen and oxygen atoms in total. The second kappa shape index (κ2) is 7.24. The van der Waals surface area contributed by atoms with E-state index in [0.717, 1.165) is 0 Å². The number of hydrogen-bond donors (Lipinski definition) is 1. The lowest BCUT2D eigenvalue weighted by atomic mass is 10.1. The first kappa shape index (κ1) is 15.5. The van der Waals surface area contributed by atoms with Crippen LogP contribution >= 0.6 is 23.1 Å². The van der Waals surface area contributed by atoms with Crippen LogP contribution in [0.2, 0.25) is 0 Å². The van der Waals surface area contributed by atoms with Gasteiger partial charge in [0.25, 0.3) is 0 Å². The highest BCUT2D eigenvalue weighted by Crippen LogP contribution is 2.24.